The monoisotopic (exact) mass is 209 g/mol. The molecule has 3 nitrogen and oxygen atoms in total. The lowest BCUT2D eigenvalue weighted by molar-refractivity contribution is 0.112. The number of aldehydes is 1. The van der Waals surface area contributed by atoms with Gasteiger partial charge in [-0.15, -0.1) is 0 Å². The maximum atomic E-state index is 10.7. The summed E-state index contributed by atoms with van der Waals surface area (Å²) in [5.74, 6) is 0.571. The van der Waals surface area contributed by atoms with Crippen LogP contribution in [-0.4, -0.2) is 18.4 Å². The Morgan fingerprint density at radius 3 is 2.93 bits per heavy atom. The molecule has 0 saturated carbocycles. The topological polar surface area (TPSA) is 42.1 Å². The second-order valence-corrected chi connectivity index (χ2v) is 3.30. The maximum absolute atomic E-state index is 10.7. The first-order valence-electron chi connectivity index (χ1n) is 4.06. The van der Waals surface area contributed by atoms with E-state index in [4.69, 9.17) is 16.3 Å². The van der Waals surface area contributed by atoms with Gasteiger partial charge in [0.15, 0.2) is 6.29 Å². The van der Waals surface area contributed by atoms with Gasteiger partial charge in [-0.2, -0.15) is 0 Å². The van der Waals surface area contributed by atoms with Crippen molar-refractivity contribution in [2.45, 2.75) is 0 Å². The molecule has 1 N–H and O–H groups in total. The van der Waals surface area contributed by atoms with Crippen LogP contribution in [0.15, 0.2) is 18.3 Å². The van der Waals surface area contributed by atoms with Gasteiger partial charge in [-0.3, -0.25) is 4.79 Å². The molecule has 0 radical (unpaired) electrons. The summed E-state index contributed by atoms with van der Waals surface area (Å²) in [6.07, 6.45) is 2.44. The Hall–Kier alpha value is -1.48. The van der Waals surface area contributed by atoms with Crippen molar-refractivity contribution in [2.75, 3.05) is 7.11 Å². The van der Waals surface area contributed by atoms with Crippen molar-refractivity contribution in [3.8, 4) is 5.75 Å². The molecule has 0 atom stereocenters. The van der Waals surface area contributed by atoms with E-state index in [1.807, 2.05) is 0 Å². The van der Waals surface area contributed by atoms with Crippen LogP contribution in [0.5, 0.6) is 5.75 Å². The highest BCUT2D eigenvalue weighted by molar-refractivity contribution is 6.33. The first-order valence-corrected chi connectivity index (χ1v) is 4.44. The molecule has 4 heteroatoms. The summed E-state index contributed by atoms with van der Waals surface area (Å²) in [5, 5.41) is 1.35. The van der Waals surface area contributed by atoms with Crippen LogP contribution in [0.1, 0.15) is 10.4 Å². The zero-order valence-corrected chi connectivity index (χ0v) is 8.26. The molecule has 72 valence electrons. The smallest absolute Gasteiger partial charge is 0.152 e. The normalized spacial score (nSPS) is 10.4. The van der Waals surface area contributed by atoms with Crippen molar-refractivity contribution in [3.63, 3.8) is 0 Å². The standard InChI is InChI=1S/C10H8ClNO2/c1-14-10-2-7-6(5-13)4-12-9(7)3-8(10)11/h2-5,12H,1H3. The zero-order chi connectivity index (χ0) is 10.1. The average molecular weight is 210 g/mol. The Morgan fingerprint density at radius 2 is 2.29 bits per heavy atom. The van der Waals surface area contributed by atoms with Gasteiger partial charge in [-0.1, -0.05) is 11.6 Å². The lowest BCUT2D eigenvalue weighted by Gasteiger charge is -2.02. The van der Waals surface area contributed by atoms with Crippen LogP contribution in [0.3, 0.4) is 0 Å². The Bertz CT molecular complexity index is 490. The average Bonchev–Trinajstić information content (AvgIpc) is 2.58. The van der Waals surface area contributed by atoms with Crippen LogP contribution in [0.4, 0.5) is 0 Å². The van der Waals surface area contributed by atoms with Crippen LogP contribution in [-0.2, 0) is 0 Å². The second kappa shape index (κ2) is 3.35. The quantitative estimate of drug-likeness (QED) is 0.773. The fraction of sp³-hybridized carbons (Fsp3) is 0.100. The van der Waals surface area contributed by atoms with Gasteiger partial charge in [0.2, 0.25) is 0 Å². The molecule has 14 heavy (non-hydrogen) atoms. The van der Waals surface area contributed by atoms with Gasteiger partial charge in [0.25, 0.3) is 0 Å². The van der Waals surface area contributed by atoms with Crippen LogP contribution < -0.4 is 4.74 Å². The first kappa shape index (κ1) is 9.09. The minimum atomic E-state index is 0.527. The molecule has 0 saturated heterocycles. The fourth-order valence-electron chi connectivity index (χ4n) is 1.40. The molecule has 1 aromatic carbocycles. The molecule has 1 heterocycles. The minimum Gasteiger partial charge on any atom is -0.495 e. The number of fused-ring (bicyclic) bond motifs is 1. The van der Waals surface area contributed by atoms with Gasteiger partial charge >= 0.3 is 0 Å². The highest BCUT2D eigenvalue weighted by atomic mass is 35.5. The fourth-order valence-corrected chi connectivity index (χ4v) is 1.64. The Labute approximate surface area is 85.6 Å². The van der Waals surface area contributed by atoms with Gasteiger partial charge in [-0.05, 0) is 12.1 Å². The van der Waals surface area contributed by atoms with Gasteiger partial charge in [0, 0.05) is 22.7 Å². The predicted molar refractivity (Wildman–Crippen MR) is 55.2 cm³/mol. The van der Waals surface area contributed by atoms with Crippen molar-refractivity contribution in [2.24, 2.45) is 0 Å². The molecule has 1 aromatic heterocycles. The number of rotatable bonds is 2. The van der Waals surface area contributed by atoms with Gasteiger partial charge in [-0.25, -0.2) is 0 Å². The number of benzene rings is 1. The third-order valence-corrected chi connectivity index (χ3v) is 2.41. The third kappa shape index (κ3) is 1.26. The lowest BCUT2D eigenvalue weighted by atomic mass is 10.2. The molecule has 0 aliphatic carbocycles. The molecular formula is C10H8ClNO2. The van der Waals surface area contributed by atoms with Crippen molar-refractivity contribution in [1.29, 1.82) is 0 Å². The lowest BCUT2D eigenvalue weighted by Crippen LogP contribution is -1.84. The van der Waals surface area contributed by atoms with E-state index < -0.39 is 0 Å². The van der Waals surface area contributed by atoms with Crippen molar-refractivity contribution in [1.82, 2.24) is 4.98 Å². The number of nitrogens with one attached hydrogen (secondary N) is 1. The molecule has 0 unspecified atom stereocenters. The number of carbonyl (C=O) groups excluding carboxylic acids is 1. The van der Waals surface area contributed by atoms with Crippen LogP contribution in [0, 0.1) is 0 Å². The molecule has 2 rings (SSSR count). The van der Waals surface area contributed by atoms with E-state index in [-0.39, 0.29) is 0 Å². The predicted octanol–water partition coefficient (Wildman–Crippen LogP) is 2.64. The van der Waals surface area contributed by atoms with Crippen molar-refractivity contribution in [3.05, 3.63) is 28.9 Å². The zero-order valence-electron chi connectivity index (χ0n) is 7.50. The van der Waals surface area contributed by atoms with Crippen LogP contribution >= 0.6 is 11.6 Å². The van der Waals surface area contributed by atoms with E-state index in [0.717, 1.165) is 17.2 Å². The van der Waals surface area contributed by atoms with Crippen LogP contribution in [0.25, 0.3) is 10.9 Å². The molecule has 0 spiro atoms. The van der Waals surface area contributed by atoms with E-state index >= 15 is 0 Å². The number of H-pyrrole nitrogens is 1. The number of hydrogen-bond donors (Lipinski definition) is 1. The highest BCUT2D eigenvalue weighted by Crippen LogP contribution is 2.30. The Morgan fingerprint density at radius 1 is 1.50 bits per heavy atom. The Kier molecular flexibility index (Phi) is 2.17. The van der Waals surface area contributed by atoms with Crippen molar-refractivity contribution >= 4 is 28.8 Å². The molecule has 0 fully saturated rings. The molecular weight excluding hydrogens is 202 g/mol. The molecule has 0 bridgehead atoms. The number of halogens is 1. The summed E-state index contributed by atoms with van der Waals surface area (Å²) in [6.45, 7) is 0. The van der Waals surface area contributed by atoms with E-state index in [0.29, 0.717) is 16.3 Å². The van der Waals surface area contributed by atoms with Gasteiger partial charge in [0.1, 0.15) is 5.75 Å². The molecule has 2 aromatic rings. The number of methoxy groups -OCH3 is 1. The largest absolute Gasteiger partial charge is 0.495 e. The molecule has 0 aliphatic heterocycles. The van der Waals surface area contributed by atoms with E-state index in [1.54, 1.807) is 25.4 Å². The summed E-state index contributed by atoms with van der Waals surface area (Å²) in [4.78, 5) is 13.6. The SMILES string of the molecule is COc1cc2c(C=O)c[nH]c2cc1Cl. The summed E-state index contributed by atoms with van der Waals surface area (Å²) < 4.78 is 5.06. The summed E-state index contributed by atoms with van der Waals surface area (Å²) in [5.41, 5.74) is 1.44. The summed E-state index contributed by atoms with van der Waals surface area (Å²) in [6, 6.07) is 3.49. The summed E-state index contributed by atoms with van der Waals surface area (Å²) in [7, 11) is 1.54. The highest BCUT2D eigenvalue weighted by Gasteiger charge is 2.07. The molecule has 0 amide bonds. The number of carbonyl (C=O) groups is 1. The third-order valence-electron chi connectivity index (χ3n) is 2.11. The number of aromatic nitrogens is 1. The van der Waals surface area contributed by atoms with Crippen LogP contribution in [0.2, 0.25) is 5.02 Å². The molecule has 0 aliphatic rings. The van der Waals surface area contributed by atoms with E-state index in [1.165, 1.54) is 0 Å². The second-order valence-electron chi connectivity index (χ2n) is 2.89. The maximum Gasteiger partial charge on any atom is 0.152 e. The Balaban J connectivity index is 2.76. The number of aromatic amines is 1. The first-order chi connectivity index (χ1) is 6.76. The van der Waals surface area contributed by atoms with E-state index in [2.05, 4.69) is 4.98 Å². The minimum absolute atomic E-state index is 0.527. The van der Waals surface area contributed by atoms with Gasteiger partial charge < -0.3 is 9.72 Å². The van der Waals surface area contributed by atoms with Crippen molar-refractivity contribution < 1.29 is 9.53 Å². The number of ether oxygens (including phenoxy) is 1. The summed E-state index contributed by atoms with van der Waals surface area (Å²) >= 11 is 5.92. The number of hydrogen-bond acceptors (Lipinski definition) is 2. The van der Waals surface area contributed by atoms with Gasteiger partial charge in [0.05, 0.1) is 12.1 Å². The van der Waals surface area contributed by atoms with E-state index in [9.17, 15) is 4.79 Å².